The summed E-state index contributed by atoms with van der Waals surface area (Å²) in [5, 5.41) is 2.96. The number of rotatable bonds is 3. The van der Waals surface area contributed by atoms with Gasteiger partial charge in [0.2, 0.25) is 0 Å². The molecule has 0 radical (unpaired) electrons. The number of halogens is 1. The van der Waals surface area contributed by atoms with E-state index in [4.69, 9.17) is 9.47 Å². The zero-order chi connectivity index (χ0) is 15.5. The fourth-order valence-corrected chi connectivity index (χ4v) is 2.69. The molecule has 1 aliphatic rings. The summed E-state index contributed by atoms with van der Waals surface area (Å²) in [4.78, 5) is 12.3. The van der Waals surface area contributed by atoms with Gasteiger partial charge in [-0.3, -0.25) is 4.79 Å². The van der Waals surface area contributed by atoms with Crippen LogP contribution in [0.1, 0.15) is 17.3 Å². The molecule has 0 saturated carbocycles. The molecule has 3 rings (SSSR count). The van der Waals surface area contributed by atoms with Crippen molar-refractivity contribution in [2.24, 2.45) is 0 Å². The van der Waals surface area contributed by atoms with Gasteiger partial charge in [0.15, 0.2) is 17.6 Å². The molecule has 0 aliphatic carbocycles. The smallest absolute Gasteiger partial charge is 0.251 e. The van der Waals surface area contributed by atoms with Gasteiger partial charge in [-0.15, -0.1) is 0 Å². The van der Waals surface area contributed by atoms with Crippen molar-refractivity contribution in [3.05, 3.63) is 58.6 Å². The first kappa shape index (κ1) is 14.9. The zero-order valence-electron chi connectivity index (χ0n) is 12.1. The van der Waals surface area contributed by atoms with Crippen molar-refractivity contribution < 1.29 is 14.3 Å². The van der Waals surface area contributed by atoms with Crippen LogP contribution < -0.4 is 14.8 Å². The number of fused-ring (bicyclic) bond motifs is 1. The molecule has 1 N–H and O–H groups in total. The Morgan fingerprint density at radius 2 is 2.00 bits per heavy atom. The van der Waals surface area contributed by atoms with Crippen LogP contribution in [0, 0.1) is 0 Å². The van der Waals surface area contributed by atoms with Gasteiger partial charge in [-0.2, -0.15) is 0 Å². The Hall–Kier alpha value is -2.01. The fraction of sp³-hybridized carbons (Fsp3) is 0.235. The monoisotopic (exact) mass is 361 g/mol. The SMILES string of the molecule is CC(NC(=O)c1cccc(Br)c1)C1COc2ccccc2O1. The molecule has 0 aromatic heterocycles. The summed E-state index contributed by atoms with van der Waals surface area (Å²) in [6.07, 6.45) is -0.217. The molecular formula is C17H16BrNO3. The predicted molar refractivity (Wildman–Crippen MR) is 87.4 cm³/mol. The highest BCUT2D eigenvalue weighted by Crippen LogP contribution is 2.31. The average Bonchev–Trinajstić information content (AvgIpc) is 2.54. The number of hydrogen-bond acceptors (Lipinski definition) is 3. The van der Waals surface area contributed by atoms with Gasteiger partial charge in [0.05, 0.1) is 6.04 Å². The summed E-state index contributed by atoms with van der Waals surface area (Å²) < 4.78 is 12.5. The van der Waals surface area contributed by atoms with Crippen molar-refractivity contribution in [2.75, 3.05) is 6.61 Å². The highest BCUT2D eigenvalue weighted by molar-refractivity contribution is 9.10. The lowest BCUT2D eigenvalue weighted by Crippen LogP contribution is -2.48. The quantitative estimate of drug-likeness (QED) is 0.911. The maximum absolute atomic E-state index is 12.3. The van der Waals surface area contributed by atoms with E-state index in [0.29, 0.717) is 17.9 Å². The van der Waals surface area contributed by atoms with Gasteiger partial charge < -0.3 is 14.8 Å². The van der Waals surface area contributed by atoms with Gasteiger partial charge in [-0.25, -0.2) is 0 Å². The van der Waals surface area contributed by atoms with Crippen LogP contribution >= 0.6 is 15.9 Å². The molecule has 1 aliphatic heterocycles. The van der Waals surface area contributed by atoms with Crippen LogP contribution in [0.3, 0.4) is 0 Å². The van der Waals surface area contributed by atoms with E-state index in [1.807, 2.05) is 43.3 Å². The van der Waals surface area contributed by atoms with Gasteiger partial charge in [0.1, 0.15) is 6.61 Å². The second-order valence-corrected chi connectivity index (χ2v) is 6.10. The number of benzene rings is 2. The summed E-state index contributed by atoms with van der Waals surface area (Å²) in [7, 11) is 0. The molecule has 114 valence electrons. The number of hydrogen-bond donors (Lipinski definition) is 1. The van der Waals surface area contributed by atoms with E-state index in [1.165, 1.54) is 0 Å². The summed E-state index contributed by atoms with van der Waals surface area (Å²) in [5.74, 6) is 1.32. The molecule has 1 heterocycles. The maximum Gasteiger partial charge on any atom is 0.251 e. The van der Waals surface area contributed by atoms with Crippen LogP contribution in [-0.4, -0.2) is 24.7 Å². The van der Waals surface area contributed by atoms with Crippen LogP contribution in [-0.2, 0) is 0 Å². The lowest BCUT2D eigenvalue weighted by molar-refractivity contribution is 0.0606. The van der Waals surface area contributed by atoms with E-state index in [-0.39, 0.29) is 18.1 Å². The van der Waals surface area contributed by atoms with Crippen LogP contribution in [0.15, 0.2) is 53.0 Å². The van der Waals surface area contributed by atoms with Crippen LogP contribution in [0.2, 0.25) is 0 Å². The summed E-state index contributed by atoms with van der Waals surface area (Å²) in [5.41, 5.74) is 0.610. The first-order chi connectivity index (χ1) is 10.6. The molecule has 4 nitrogen and oxygen atoms in total. The van der Waals surface area contributed by atoms with Crippen molar-refractivity contribution in [1.82, 2.24) is 5.32 Å². The molecule has 1 amide bonds. The first-order valence-corrected chi connectivity index (χ1v) is 7.88. The van der Waals surface area contributed by atoms with Crippen LogP contribution in [0.25, 0.3) is 0 Å². The van der Waals surface area contributed by atoms with E-state index >= 15 is 0 Å². The third-order valence-corrected chi connectivity index (χ3v) is 4.03. The van der Waals surface area contributed by atoms with Crippen LogP contribution in [0.5, 0.6) is 11.5 Å². The van der Waals surface area contributed by atoms with Gasteiger partial charge in [0, 0.05) is 10.0 Å². The summed E-state index contributed by atoms with van der Waals surface area (Å²) >= 11 is 3.37. The molecule has 2 aromatic carbocycles. The van der Waals surface area contributed by atoms with E-state index in [1.54, 1.807) is 12.1 Å². The Bertz CT molecular complexity index is 689. The second kappa shape index (κ2) is 6.40. The van der Waals surface area contributed by atoms with Gasteiger partial charge in [0.25, 0.3) is 5.91 Å². The largest absolute Gasteiger partial charge is 0.486 e. The lowest BCUT2D eigenvalue weighted by Gasteiger charge is -2.30. The van der Waals surface area contributed by atoms with E-state index in [9.17, 15) is 4.79 Å². The van der Waals surface area contributed by atoms with E-state index < -0.39 is 0 Å². The molecule has 22 heavy (non-hydrogen) atoms. The Kier molecular flexibility index (Phi) is 4.34. The molecule has 2 aromatic rings. The number of para-hydroxylation sites is 2. The fourth-order valence-electron chi connectivity index (χ4n) is 2.29. The minimum absolute atomic E-state index is 0.128. The van der Waals surface area contributed by atoms with Gasteiger partial charge >= 0.3 is 0 Å². The van der Waals surface area contributed by atoms with Gasteiger partial charge in [-0.1, -0.05) is 34.1 Å². The topological polar surface area (TPSA) is 47.6 Å². The lowest BCUT2D eigenvalue weighted by atomic mass is 10.1. The zero-order valence-corrected chi connectivity index (χ0v) is 13.7. The van der Waals surface area contributed by atoms with E-state index in [0.717, 1.165) is 10.2 Å². The van der Waals surface area contributed by atoms with Crippen molar-refractivity contribution in [1.29, 1.82) is 0 Å². The number of carbonyl (C=O) groups excluding carboxylic acids is 1. The highest BCUT2D eigenvalue weighted by Gasteiger charge is 2.27. The van der Waals surface area contributed by atoms with Crippen LogP contribution in [0.4, 0.5) is 0 Å². The minimum Gasteiger partial charge on any atom is -0.486 e. The molecule has 2 atom stereocenters. The van der Waals surface area contributed by atoms with E-state index in [2.05, 4.69) is 21.2 Å². The summed E-state index contributed by atoms with van der Waals surface area (Å²) in [6, 6.07) is 14.7. The maximum atomic E-state index is 12.3. The van der Waals surface area contributed by atoms with Gasteiger partial charge in [-0.05, 0) is 37.3 Å². The van der Waals surface area contributed by atoms with Crippen molar-refractivity contribution >= 4 is 21.8 Å². The van der Waals surface area contributed by atoms with Crippen molar-refractivity contribution in [3.8, 4) is 11.5 Å². The number of carbonyl (C=O) groups is 1. The third kappa shape index (κ3) is 3.25. The molecular weight excluding hydrogens is 346 g/mol. The second-order valence-electron chi connectivity index (χ2n) is 5.19. The highest BCUT2D eigenvalue weighted by atomic mass is 79.9. The van der Waals surface area contributed by atoms with Crippen molar-refractivity contribution in [3.63, 3.8) is 0 Å². The average molecular weight is 362 g/mol. The Balaban J connectivity index is 1.65. The Morgan fingerprint density at radius 1 is 1.23 bits per heavy atom. The molecule has 0 saturated heterocycles. The Labute approximate surface area is 137 Å². The first-order valence-electron chi connectivity index (χ1n) is 7.08. The molecule has 2 unspecified atom stereocenters. The predicted octanol–water partition coefficient (Wildman–Crippen LogP) is 3.41. The molecule has 0 spiro atoms. The number of amides is 1. The Morgan fingerprint density at radius 3 is 2.77 bits per heavy atom. The molecule has 5 heteroatoms. The number of nitrogens with one attached hydrogen (secondary N) is 1. The third-order valence-electron chi connectivity index (χ3n) is 3.53. The minimum atomic E-state index is -0.217. The van der Waals surface area contributed by atoms with Crippen molar-refractivity contribution in [2.45, 2.75) is 19.1 Å². The molecule has 0 fully saturated rings. The normalized spacial score (nSPS) is 17.6. The molecule has 0 bridgehead atoms. The number of ether oxygens (including phenoxy) is 2. The summed E-state index contributed by atoms with van der Waals surface area (Å²) in [6.45, 7) is 2.33. The standard InChI is InChI=1S/C17H16BrNO3/c1-11(19-17(20)12-5-4-6-13(18)9-12)16-10-21-14-7-2-3-8-15(14)22-16/h2-9,11,16H,10H2,1H3,(H,19,20).